The molecule has 0 bridgehead atoms. The summed E-state index contributed by atoms with van der Waals surface area (Å²) in [6, 6.07) is 6.50. The third kappa shape index (κ3) is 4.75. The lowest BCUT2D eigenvalue weighted by molar-refractivity contribution is 0.207. The van der Waals surface area contributed by atoms with Crippen molar-refractivity contribution in [3.63, 3.8) is 0 Å². The van der Waals surface area contributed by atoms with Gasteiger partial charge in [-0.05, 0) is 50.9 Å². The molecule has 0 fully saturated rings. The third-order valence-corrected chi connectivity index (χ3v) is 3.29. The highest BCUT2D eigenvalue weighted by atomic mass is 16.5. The average molecular weight is 265 g/mol. The topological polar surface area (TPSA) is 30.5 Å². The Kier molecular flexibility index (Phi) is 6.71. The van der Waals surface area contributed by atoms with Crippen molar-refractivity contribution in [2.24, 2.45) is 0 Å². The summed E-state index contributed by atoms with van der Waals surface area (Å²) in [6.07, 6.45) is 2.33. The molecule has 2 atom stereocenters. The van der Waals surface area contributed by atoms with Crippen LogP contribution in [-0.2, 0) is 0 Å². The molecule has 0 amide bonds. The molecule has 0 aliphatic carbocycles. The minimum Gasteiger partial charge on any atom is -0.493 e. The van der Waals surface area contributed by atoms with Crippen molar-refractivity contribution >= 4 is 0 Å². The van der Waals surface area contributed by atoms with Gasteiger partial charge >= 0.3 is 0 Å². The number of hydrogen-bond donors (Lipinski definition) is 1. The molecule has 1 aromatic carbocycles. The van der Waals surface area contributed by atoms with Crippen LogP contribution in [0, 0.1) is 0 Å². The number of rotatable bonds is 8. The van der Waals surface area contributed by atoms with Gasteiger partial charge < -0.3 is 14.8 Å². The number of ether oxygens (including phenoxy) is 2. The second-order valence-electron chi connectivity index (χ2n) is 4.92. The molecule has 0 saturated heterocycles. The average Bonchev–Trinajstić information content (AvgIpc) is 2.44. The van der Waals surface area contributed by atoms with E-state index in [2.05, 4.69) is 45.1 Å². The van der Waals surface area contributed by atoms with Gasteiger partial charge in [-0.15, -0.1) is 0 Å². The molecule has 0 aromatic heterocycles. The smallest absolute Gasteiger partial charge is 0.161 e. The predicted octanol–water partition coefficient (Wildman–Crippen LogP) is 3.93. The number of methoxy groups -OCH3 is 1. The molecule has 1 aromatic rings. The number of benzene rings is 1. The Balaban J connectivity index is 2.82. The molecule has 108 valence electrons. The molecular formula is C16H27NO2. The summed E-state index contributed by atoms with van der Waals surface area (Å²) in [7, 11) is 1.69. The van der Waals surface area contributed by atoms with Gasteiger partial charge in [-0.3, -0.25) is 0 Å². The summed E-state index contributed by atoms with van der Waals surface area (Å²) in [5, 5.41) is 3.47. The maximum absolute atomic E-state index is 5.86. The molecule has 2 unspecified atom stereocenters. The zero-order chi connectivity index (χ0) is 14.3. The van der Waals surface area contributed by atoms with Crippen LogP contribution >= 0.6 is 0 Å². The van der Waals surface area contributed by atoms with Gasteiger partial charge in [0, 0.05) is 6.04 Å². The standard InChI is InChI=1S/C16H27NO2/c1-6-10-17-13(4)14-8-9-15(16(11-14)18-5)19-12(3)7-2/h8-9,11-13,17H,6-7,10H2,1-5H3. The summed E-state index contributed by atoms with van der Waals surface area (Å²) < 4.78 is 11.3. The normalized spacial score (nSPS) is 13.9. The Labute approximate surface area is 117 Å². The second kappa shape index (κ2) is 8.05. The lowest BCUT2D eigenvalue weighted by atomic mass is 10.1. The molecule has 3 heteroatoms. The van der Waals surface area contributed by atoms with E-state index >= 15 is 0 Å². The zero-order valence-corrected chi connectivity index (χ0v) is 12.8. The van der Waals surface area contributed by atoms with Gasteiger partial charge in [0.05, 0.1) is 13.2 Å². The quantitative estimate of drug-likeness (QED) is 0.772. The summed E-state index contributed by atoms with van der Waals surface area (Å²) in [4.78, 5) is 0. The van der Waals surface area contributed by atoms with Crippen LogP contribution in [0.3, 0.4) is 0 Å². The molecule has 0 saturated carbocycles. The Morgan fingerprint density at radius 1 is 1.16 bits per heavy atom. The molecular weight excluding hydrogens is 238 g/mol. The van der Waals surface area contributed by atoms with E-state index in [1.165, 1.54) is 5.56 Å². The van der Waals surface area contributed by atoms with Crippen LogP contribution in [0.25, 0.3) is 0 Å². The zero-order valence-electron chi connectivity index (χ0n) is 12.8. The monoisotopic (exact) mass is 265 g/mol. The minimum atomic E-state index is 0.204. The van der Waals surface area contributed by atoms with Crippen LogP contribution in [0.2, 0.25) is 0 Å². The van der Waals surface area contributed by atoms with E-state index in [9.17, 15) is 0 Å². The highest BCUT2D eigenvalue weighted by molar-refractivity contribution is 5.43. The molecule has 0 aliphatic heterocycles. The van der Waals surface area contributed by atoms with E-state index < -0.39 is 0 Å². The van der Waals surface area contributed by atoms with Gasteiger partial charge in [0.15, 0.2) is 11.5 Å². The molecule has 0 radical (unpaired) electrons. The molecule has 0 spiro atoms. The minimum absolute atomic E-state index is 0.204. The lowest BCUT2D eigenvalue weighted by Gasteiger charge is -2.19. The van der Waals surface area contributed by atoms with Crippen LogP contribution in [0.4, 0.5) is 0 Å². The van der Waals surface area contributed by atoms with Gasteiger partial charge in [-0.25, -0.2) is 0 Å². The SMILES string of the molecule is CCCNC(C)c1ccc(OC(C)CC)c(OC)c1. The summed E-state index contributed by atoms with van der Waals surface area (Å²) in [5.74, 6) is 1.63. The first kappa shape index (κ1) is 15.8. The fraction of sp³-hybridized carbons (Fsp3) is 0.625. The van der Waals surface area contributed by atoms with Crippen molar-refractivity contribution in [1.29, 1.82) is 0 Å². The summed E-state index contributed by atoms with van der Waals surface area (Å²) >= 11 is 0. The Morgan fingerprint density at radius 2 is 1.89 bits per heavy atom. The first-order valence-electron chi connectivity index (χ1n) is 7.20. The Bertz CT molecular complexity index is 379. The van der Waals surface area contributed by atoms with Crippen molar-refractivity contribution in [3.8, 4) is 11.5 Å². The first-order chi connectivity index (χ1) is 9.12. The Morgan fingerprint density at radius 3 is 2.47 bits per heavy atom. The molecule has 0 aliphatic rings. The largest absolute Gasteiger partial charge is 0.493 e. The van der Waals surface area contributed by atoms with Gasteiger partial charge in [0.2, 0.25) is 0 Å². The van der Waals surface area contributed by atoms with Crippen LogP contribution < -0.4 is 14.8 Å². The van der Waals surface area contributed by atoms with Gasteiger partial charge in [0.1, 0.15) is 0 Å². The fourth-order valence-electron chi connectivity index (χ4n) is 1.83. The molecule has 0 heterocycles. The van der Waals surface area contributed by atoms with Crippen LogP contribution in [0.5, 0.6) is 11.5 Å². The molecule has 1 N–H and O–H groups in total. The van der Waals surface area contributed by atoms with Crippen LogP contribution in [0.15, 0.2) is 18.2 Å². The van der Waals surface area contributed by atoms with Crippen LogP contribution in [0.1, 0.15) is 52.1 Å². The van der Waals surface area contributed by atoms with E-state index in [4.69, 9.17) is 9.47 Å². The maximum atomic E-state index is 5.86. The maximum Gasteiger partial charge on any atom is 0.161 e. The van der Waals surface area contributed by atoms with E-state index in [1.54, 1.807) is 7.11 Å². The molecule has 19 heavy (non-hydrogen) atoms. The second-order valence-corrected chi connectivity index (χ2v) is 4.92. The molecule has 3 nitrogen and oxygen atoms in total. The van der Waals surface area contributed by atoms with Gasteiger partial charge in [-0.2, -0.15) is 0 Å². The van der Waals surface area contributed by atoms with E-state index in [0.717, 1.165) is 30.9 Å². The van der Waals surface area contributed by atoms with Crippen molar-refractivity contribution in [1.82, 2.24) is 5.32 Å². The van der Waals surface area contributed by atoms with Crippen LogP contribution in [-0.4, -0.2) is 19.8 Å². The van der Waals surface area contributed by atoms with Crippen molar-refractivity contribution < 1.29 is 9.47 Å². The molecule has 1 rings (SSSR count). The summed E-state index contributed by atoms with van der Waals surface area (Å²) in [5.41, 5.74) is 1.22. The first-order valence-corrected chi connectivity index (χ1v) is 7.20. The number of hydrogen-bond acceptors (Lipinski definition) is 3. The van der Waals surface area contributed by atoms with E-state index in [-0.39, 0.29) is 6.10 Å². The highest BCUT2D eigenvalue weighted by Crippen LogP contribution is 2.31. The highest BCUT2D eigenvalue weighted by Gasteiger charge is 2.11. The number of nitrogens with one attached hydrogen (secondary N) is 1. The van der Waals surface area contributed by atoms with Gasteiger partial charge in [0.25, 0.3) is 0 Å². The fourth-order valence-corrected chi connectivity index (χ4v) is 1.83. The third-order valence-electron chi connectivity index (χ3n) is 3.29. The Hall–Kier alpha value is -1.22. The van der Waals surface area contributed by atoms with Crippen molar-refractivity contribution in [2.45, 2.75) is 52.7 Å². The van der Waals surface area contributed by atoms with Crippen molar-refractivity contribution in [2.75, 3.05) is 13.7 Å². The predicted molar refractivity (Wildman–Crippen MR) is 80.1 cm³/mol. The lowest BCUT2D eigenvalue weighted by Crippen LogP contribution is -2.19. The summed E-state index contributed by atoms with van der Waals surface area (Å²) in [6.45, 7) is 9.54. The van der Waals surface area contributed by atoms with E-state index in [0.29, 0.717) is 6.04 Å². The van der Waals surface area contributed by atoms with Crippen molar-refractivity contribution in [3.05, 3.63) is 23.8 Å². The van der Waals surface area contributed by atoms with E-state index in [1.807, 2.05) is 6.07 Å². The van der Waals surface area contributed by atoms with Gasteiger partial charge in [-0.1, -0.05) is 19.9 Å².